The highest BCUT2D eigenvalue weighted by atomic mass is 16.6. The van der Waals surface area contributed by atoms with Crippen LogP contribution in [0.5, 0.6) is 0 Å². The Kier molecular flexibility index (Phi) is 5.75. The van der Waals surface area contributed by atoms with E-state index in [9.17, 15) is 9.59 Å². The zero-order chi connectivity index (χ0) is 18.8. The van der Waals surface area contributed by atoms with E-state index in [0.29, 0.717) is 37.7 Å². The highest BCUT2D eigenvalue weighted by molar-refractivity contribution is 5.94. The molecule has 1 aliphatic rings. The van der Waals surface area contributed by atoms with Gasteiger partial charge < -0.3 is 15.0 Å². The van der Waals surface area contributed by atoms with Gasteiger partial charge in [0.25, 0.3) is 5.91 Å². The molecule has 0 fully saturated rings. The fourth-order valence-electron chi connectivity index (χ4n) is 2.82. The van der Waals surface area contributed by atoms with Crippen LogP contribution in [-0.2, 0) is 24.8 Å². The van der Waals surface area contributed by atoms with E-state index in [0.717, 1.165) is 17.7 Å². The summed E-state index contributed by atoms with van der Waals surface area (Å²) in [5, 5.41) is 7.31. The summed E-state index contributed by atoms with van der Waals surface area (Å²) in [6.07, 6.45) is 1.23. The number of aromatic nitrogens is 2. The highest BCUT2D eigenvalue weighted by Gasteiger charge is 2.31. The summed E-state index contributed by atoms with van der Waals surface area (Å²) in [4.78, 5) is 26.5. The van der Waals surface area contributed by atoms with Gasteiger partial charge in [0, 0.05) is 37.8 Å². The van der Waals surface area contributed by atoms with Crippen molar-refractivity contribution in [3.05, 3.63) is 17.0 Å². The molecule has 2 rings (SSSR count). The zero-order valence-electron chi connectivity index (χ0n) is 16.2. The van der Waals surface area contributed by atoms with Crippen LogP contribution >= 0.6 is 0 Å². The van der Waals surface area contributed by atoms with Gasteiger partial charge in [-0.25, -0.2) is 4.79 Å². The summed E-state index contributed by atoms with van der Waals surface area (Å²) in [5.41, 5.74) is 1.70. The van der Waals surface area contributed by atoms with Crippen molar-refractivity contribution in [1.29, 1.82) is 0 Å². The number of hydrogen-bond acceptors (Lipinski definition) is 4. The van der Waals surface area contributed by atoms with Crippen LogP contribution in [0.2, 0.25) is 0 Å². The summed E-state index contributed by atoms with van der Waals surface area (Å²) < 4.78 is 7.20. The van der Waals surface area contributed by atoms with Crippen LogP contribution in [0, 0.1) is 5.92 Å². The monoisotopic (exact) mass is 350 g/mol. The summed E-state index contributed by atoms with van der Waals surface area (Å²) in [6, 6.07) is 0. The van der Waals surface area contributed by atoms with Crippen molar-refractivity contribution in [1.82, 2.24) is 20.0 Å². The number of nitrogens with zero attached hydrogens (tertiary/aromatic N) is 3. The van der Waals surface area contributed by atoms with Crippen molar-refractivity contribution < 1.29 is 14.3 Å². The molecule has 7 nitrogen and oxygen atoms in total. The average Bonchev–Trinajstić information content (AvgIpc) is 2.82. The van der Waals surface area contributed by atoms with Gasteiger partial charge in [0.05, 0.1) is 6.54 Å². The molecule has 0 aromatic carbocycles. The van der Waals surface area contributed by atoms with E-state index >= 15 is 0 Å². The van der Waals surface area contributed by atoms with Crippen LogP contribution in [0.4, 0.5) is 4.79 Å². The number of amides is 2. The Morgan fingerprint density at radius 3 is 2.60 bits per heavy atom. The van der Waals surface area contributed by atoms with E-state index < -0.39 is 5.60 Å². The highest BCUT2D eigenvalue weighted by Crippen LogP contribution is 2.23. The van der Waals surface area contributed by atoms with Gasteiger partial charge in [0.2, 0.25) is 0 Å². The van der Waals surface area contributed by atoms with E-state index in [1.807, 2.05) is 27.8 Å². The Morgan fingerprint density at radius 2 is 2.00 bits per heavy atom. The van der Waals surface area contributed by atoms with E-state index in [1.165, 1.54) is 0 Å². The molecule has 0 radical (unpaired) electrons. The Hall–Kier alpha value is -2.05. The molecule has 2 heterocycles. The molecule has 0 saturated heterocycles. The zero-order valence-corrected chi connectivity index (χ0v) is 16.2. The number of nitrogens with one attached hydrogen (secondary N) is 1. The van der Waals surface area contributed by atoms with Gasteiger partial charge in [-0.1, -0.05) is 13.8 Å². The molecule has 1 aromatic heterocycles. The first-order valence-electron chi connectivity index (χ1n) is 8.89. The van der Waals surface area contributed by atoms with Crippen LogP contribution < -0.4 is 5.32 Å². The van der Waals surface area contributed by atoms with Crippen LogP contribution in [0.3, 0.4) is 0 Å². The minimum Gasteiger partial charge on any atom is -0.444 e. The predicted molar refractivity (Wildman–Crippen MR) is 95.3 cm³/mol. The van der Waals surface area contributed by atoms with Gasteiger partial charge in [-0.3, -0.25) is 9.48 Å². The largest absolute Gasteiger partial charge is 0.444 e. The number of aryl methyl sites for hydroxylation is 1. The summed E-state index contributed by atoms with van der Waals surface area (Å²) in [5.74, 6) is 0.351. The number of carbonyl (C=O) groups is 2. The molecule has 0 unspecified atom stereocenters. The molecule has 1 aromatic rings. The maximum atomic E-state index is 12.5. The summed E-state index contributed by atoms with van der Waals surface area (Å²) in [6.45, 7) is 11.3. The Balaban J connectivity index is 2.12. The second kappa shape index (κ2) is 7.45. The molecule has 0 aliphatic carbocycles. The molecule has 2 amide bonds. The minimum absolute atomic E-state index is 0.177. The quantitative estimate of drug-likeness (QED) is 0.905. The number of rotatable bonds is 4. The van der Waals surface area contributed by atoms with Crippen molar-refractivity contribution >= 4 is 12.0 Å². The van der Waals surface area contributed by atoms with E-state index in [4.69, 9.17) is 4.74 Å². The van der Waals surface area contributed by atoms with Gasteiger partial charge in [-0.2, -0.15) is 5.10 Å². The van der Waals surface area contributed by atoms with Crippen molar-refractivity contribution in [2.24, 2.45) is 13.0 Å². The van der Waals surface area contributed by atoms with Gasteiger partial charge >= 0.3 is 6.09 Å². The molecule has 0 spiro atoms. The SMILES string of the molecule is CC(C)CCNC(=O)c1nn(C)c2c1CN(C(=O)OC(C)(C)C)CC2. The van der Waals surface area contributed by atoms with Crippen LogP contribution in [0.25, 0.3) is 0 Å². The molecule has 0 bridgehead atoms. The summed E-state index contributed by atoms with van der Waals surface area (Å²) >= 11 is 0. The lowest BCUT2D eigenvalue weighted by Gasteiger charge is -2.30. The van der Waals surface area contributed by atoms with E-state index in [2.05, 4.69) is 24.3 Å². The molecule has 140 valence electrons. The molecule has 7 heteroatoms. The summed E-state index contributed by atoms with van der Waals surface area (Å²) in [7, 11) is 1.84. The fraction of sp³-hybridized carbons (Fsp3) is 0.722. The molecule has 25 heavy (non-hydrogen) atoms. The number of ether oxygens (including phenoxy) is 1. The lowest BCUT2D eigenvalue weighted by atomic mass is 10.0. The van der Waals surface area contributed by atoms with Crippen molar-refractivity contribution in [3.8, 4) is 0 Å². The van der Waals surface area contributed by atoms with Gasteiger partial charge in [0.15, 0.2) is 5.69 Å². The Morgan fingerprint density at radius 1 is 1.32 bits per heavy atom. The lowest BCUT2D eigenvalue weighted by Crippen LogP contribution is -2.40. The minimum atomic E-state index is -0.538. The topological polar surface area (TPSA) is 76.5 Å². The number of carbonyl (C=O) groups excluding carboxylic acids is 2. The third kappa shape index (κ3) is 4.96. The average molecular weight is 350 g/mol. The van der Waals surface area contributed by atoms with E-state index in [-0.39, 0.29) is 12.0 Å². The van der Waals surface area contributed by atoms with Crippen molar-refractivity contribution in [2.45, 2.75) is 59.6 Å². The first-order chi connectivity index (χ1) is 11.6. The maximum absolute atomic E-state index is 12.5. The Bertz CT molecular complexity index is 643. The second-order valence-electron chi connectivity index (χ2n) is 7.99. The van der Waals surface area contributed by atoms with Crippen LogP contribution in [0.15, 0.2) is 0 Å². The fourth-order valence-corrected chi connectivity index (χ4v) is 2.82. The number of hydrogen-bond donors (Lipinski definition) is 1. The maximum Gasteiger partial charge on any atom is 0.410 e. The smallest absolute Gasteiger partial charge is 0.410 e. The van der Waals surface area contributed by atoms with Crippen molar-refractivity contribution in [2.75, 3.05) is 13.1 Å². The molecule has 1 N–H and O–H groups in total. The van der Waals surface area contributed by atoms with Crippen LogP contribution in [-0.4, -0.2) is 45.4 Å². The first-order valence-corrected chi connectivity index (χ1v) is 8.89. The predicted octanol–water partition coefficient (Wildman–Crippen LogP) is 2.49. The second-order valence-corrected chi connectivity index (χ2v) is 7.99. The van der Waals surface area contributed by atoms with E-state index in [1.54, 1.807) is 9.58 Å². The standard InChI is InChI=1S/C18H30N4O3/c1-12(2)7-9-19-16(23)15-13-11-22(17(24)25-18(3,4)5)10-8-14(13)21(6)20-15/h12H,7-11H2,1-6H3,(H,19,23). The molecule has 0 atom stereocenters. The Labute approximate surface area is 149 Å². The first kappa shape index (κ1) is 19.3. The van der Waals surface area contributed by atoms with Crippen LogP contribution in [0.1, 0.15) is 62.8 Å². The number of fused-ring (bicyclic) bond motifs is 1. The molecule has 1 aliphatic heterocycles. The molecular formula is C18H30N4O3. The third-order valence-electron chi connectivity index (χ3n) is 4.12. The molecule has 0 saturated carbocycles. The third-order valence-corrected chi connectivity index (χ3v) is 4.12. The van der Waals surface area contributed by atoms with Gasteiger partial charge in [-0.15, -0.1) is 0 Å². The van der Waals surface area contributed by atoms with Gasteiger partial charge in [0.1, 0.15) is 5.60 Å². The molecular weight excluding hydrogens is 320 g/mol. The van der Waals surface area contributed by atoms with Gasteiger partial charge in [-0.05, 0) is 33.1 Å². The van der Waals surface area contributed by atoms with Crippen molar-refractivity contribution in [3.63, 3.8) is 0 Å². The lowest BCUT2D eigenvalue weighted by molar-refractivity contribution is 0.0221. The normalized spacial score (nSPS) is 14.4.